The number of carbonyl (C=O) groups is 1. The maximum atomic E-state index is 13.1. The Morgan fingerprint density at radius 1 is 1.06 bits per heavy atom. The van der Waals surface area contributed by atoms with Crippen molar-refractivity contribution in [3.63, 3.8) is 0 Å². The number of amides is 1. The second-order valence-electron chi connectivity index (χ2n) is 7.31. The Morgan fingerprint density at radius 2 is 1.74 bits per heavy atom. The molecular formula is C22H28N2O6S. The molecule has 1 amide bonds. The molecule has 1 aliphatic heterocycles. The molecule has 168 valence electrons. The third kappa shape index (κ3) is 5.00. The Morgan fingerprint density at radius 3 is 2.39 bits per heavy atom. The predicted molar refractivity (Wildman–Crippen MR) is 116 cm³/mol. The average molecular weight is 449 g/mol. The topological polar surface area (TPSA) is 94.2 Å². The number of aryl methyl sites for hydroxylation is 1. The lowest BCUT2D eigenvalue weighted by Crippen LogP contribution is -2.41. The van der Waals surface area contributed by atoms with Gasteiger partial charge in [0.2, 0.25) is 10.0 Å². The highest BCUT2D eigenvalue weighted by Crippen LogP contribution is 2.30. The van der Waals surface area contributed by atoms with Crippen molar-refractivity contribution in [1.29, 1.82) is 0 Å². The SMILES string of the molecule is COc1ccc([C@@H](C)NC(=O)c2ccc(C)c(S(=O)(=O)N3CCOCC3)c2)cc1OC. The molecule has 1 atom stereocenters. The molecule has 0 unspecified atom stereocenters. The molecule has 1 saturated heterocycles. The minimum atomic E-state index is -3.70. The number of benzene rings is 2. The van der Waals surface area contributed by atoms with Crippen LogP contribution in [0.2, 0.25) is 0 Å². The van der Waals surface area contributed by atoms with Crippen molar-refractivity contribution in [1.82, 2.24) is 9.62 Å². The molecule has 1 heterocycles. The zero-order chi connectivity index (χ0) is 22.6. The van der Waals surface area contributed by atoms with E-state index in [1.165, 1.54) is 10.4 Å². The highest BCUT2D eigenvalue weighted by Gasteiger charge is 2.28. The number of rotatable bonds is 7. The lowest BCUT2D eigenvalue weighted by atomic mass is 10.1. The number of sulfonamides is 1. The Kier molecular flexibility index (Phi) is 7.19. The smallest absolute Gasteiger partial charge is 0.251 e. The van der Waals surface area contributed by atoms with Gasteiger partial charge in [-0.15, -0.1) is 0 Å². The lowest BCUT2D eigenvalue weighted by Gasteiger charge is -2.27. The molecule has 1 N–H and O–H groups in total. The first-order chi connectivity index (χ1) is 14.8. The number of nitrogens with one attached hydrogen (secondary N) is 1. The van der Waals surface area contributed by atoms with Gasteiger partial charge >= 0.3 is 0 Å². The Hall–Kier alpha value is -2.62. The van der Waals surface area contributed by atoms with Gasteiger partial charge in [-0.05, 0) is 49.2 Å². The first-order valence-corrected chi connectivity index (χ1v) is 11.4. The van der Waals surface area contributed by atoms with Crippen LogP contribution in [0.25, 0.3) is 0 Å². The zero-order valence-corrected chi connectivity index (χ0v) is 19.0. The van der Waals surface area contributed by atoms with E-state index in [1.807, 2.05) is 13.0 Å². The van der Waals surface area contributed by atoms with Gasteiger partial charge in [0.15, 0.2) is 11.5 Å². The van der Waals surface area contributed by atoms with Gasteiger partial charge in [-0.1, -0.05) is 12.1 Å². The summed E-state index contributed by atoms with van der Waals surface area (Å²) in [6.07, 6.45) is 0. The summed E-state index contributed by atoms with van der Waals surface area (Å²) in [6.45, 7) is 4.89. The van der Waals surface area contributed by atoms with E-state index < -0.39 is 10.0 Å². The zero-order valence-electron chi connectivity index (χ0n) is 18.2. The van der Waals surface area contributed by atoms with Crippen molar-refractivity contribution in [3.05, 3.63) is 53.1 Å². The molecule has 1 aliphatic rings. The van der Waals surface area contributed by atoms with E-state index in [9.17, 15) is 13.2 Å². The van der Waals surface area contributed by atoms with Crippen LogP contribution in [0, 0.1) is 6.92 Å². The summed E-state index contributed by atoms with van der Waals surface area (Å²) in [6, 6.07) is 9.82. The number of hydrogen-bond donors (Lipinski definition) is 1. The minimum absolute atomic E-state index is 0.140. The van der Waals surface area contributed by atoms with Crippen molar-refractivity contribution in [2.45, 2.75) is 24.8 Å². The van der Waals surface area contributed by atoms with Crippen LogP contribution in [-0.2, 0) is 14.8 Å². The largest absolute Gasteiger partial charge is 0.493 e. The highest BCUT2D eigenvalue weighted by atomic mass is 32.2. The Bertz CT molecular complexity index is 1050. The van der Waals surface area contributed by atoms with Crippen molar-refractivity contribution in [3.8, 4) is 11.5 Å². The van der Waals surface area contributed by atoms with Gasteiger partial charge in [0.05, 0.1) is 38.4 Å². The fourth-order valence-electron chi connectivity index (χ4n) is 3.43. The molecule has 31 heavy (non-hydrogen) atoms. The van der Waals surface area contributed by atoms with Crippen LogP contribution in [0.1, 0.15) is 34.5 Å². The molecule has 0 bridgehead atoms. The van der Waals surface area contributed by atoms with E-state index in [-0.39, 0.29) is 22.4 Å². The number of carbonyl (C=O) groups excluding carboxylic acids is 1. The number of hydrogen-bond acceptors (Lipinski definition) is 6. The van der Waals surface area contributed by atoms with Gasteiger partial charge in [0, 0.05) is 18.7 Å². The molecule has 0 spiro atoms. The van der Waals surface area contributed by atoms with E-state index >= 15 is 0 Å². The van der Waals surface area contributed by atoms with Crippen molar-refractivity contribution >= 4 is 15.9 Å². The van der Waals surface area contributed by atoms with Gasteiger partial charge in [0.1, 0.15) is 0 Å². The van der Waals surface area contributed by atoms with Crippen molar-refractivity contribution < 1.29 is 27.4 Å². The van der Waals surface area contributed by atoms with E-state index in [1.54, 1.807) is 45.4 Å². The normalized spacial score (nSPS) is 15.9. The van der Waals surface area contributed by atoms with E-state index in [0.29, 0.717) is 43.4 Å². The van der Waals surface area contributed by atoms with Crippen LogP contribution in [0.4, 0.5) is 0 Å². The van der Waals surface area contributed by atoms with Crippen LogP contribution in [0.5, 0.6) is 11.5 Å². The quantitative estimate of drug-likeness (QED) is 0.700. The van der Waals surface area contributed by atoms with Gasteiger partial charge < -0.3 is 19.5 Å². The van der Waals surface area contributed by atoms with Crippen LogP contribution >= 0.6 is 0 Å². The second kappa shape index (κ2) is 9.67. The molecule has 0 aliphatic carbocycles. The monoisotopic (exact) mass is 448 g/mol. The first-order valence-electron chi connectivity index (χ1n) is 9.99. The first kappa shape index (κ1) is 23.1. The maximum absolute atomic E-state index is 13.1. The summed E-state index contributed by atoms with van der Waals surface area (Å²) in [7, 11) is -0.596. The van der Waals surface area contributed by atoms with Gasteiger partial charge in [0.25, 0.3) is 5.91 Å². The molecule has 2 aromatic rings. The summed E-state index contributed by atoms with van der Waals surface area (Å²) < 4.78 is 43.4. The van der Waals surface area contributed by atoms with Crippen LogP contribution < -0.4 is 14.8 Å². The third-order valence-corrected chi connectivity index (χ3v) is 7.33. The number of morpholine rings is 1. The molecule has 2 aromatic carbocycles. The average Bonchev–Trinajstić information content (AvgIpc) is 2.79. The molecule has 0 saturated carbocycles. The lowest BCUT2D eigenvalue weighted by molar-refractivity contribution is 0.0730. The van der Waals surface area contributed by atoms with Crippen molar-refractivity contribution in [2.24, 2.45) is 0 Å². The number of nitrogens with zero attached hydrogens (tertiary/aromatic N) is 1. The molecule has 9 heteroatoms. The number of methoxy groups -OCH3 is 2. The van der Waals surface area contributed by atoms with Gasteiger partial charge in [-0.3, -0.25) is 4.79 Å². The third-order valence-electron chi connectivity index (χ3n) is 5.29. The van der Waals surface area contributed by atoms with Crippen LogP contribution in [0.15, 0.2) is 41.3 Å². The molecule has 0 aromatic heterocycles. The summed E-state index contributed by atoms with van der Waals surface area (Å²) in [5.41, 5.74) is 1.71. The number of ether oxygens (including phenoxy) is 3. The molecule has 0 radical (unpaired) electrons. The van der Waals surface area contributed by atoms with E-state index in [0.717, 1.165) is 5.56 Å². The molecule has 8 nitrogen and oxygen atoms in total. The van der Waals surface area contributed by atoms with Gasteiger partial charge in [-0.25, -0.2) is 8.42 Å². The highest BCUT2D eigenvalue weighted by molar-refractivity contribution is 7.89. The summed E-state index contributed by atoms with van der Waals surface area (Å²) in [5, 5.41) is 2.92. The van der Waals surface area contributed by atoms with Crippen molar-refractivity contribution in [2.75, 3.05) is 40.5 Å². The van der Waals surface area contributed by atoms with Crippen LogP contribution in [-0.4, -0.2) is 59.2 Å². The fourth-order valence-corrected chi connectivity index (χ4v) is 5.09. The summed E-state index contributed by atoms with van der Waals surface area (Å²) in [5.74, 6) is 0.803. The standard InChI is InChI=1S/C22H28N2O6S/c1-15-5-6-18(14-21(15)31(26,27)24-9-11-30-12-10-24)22(25)23-16(2)17-7-8-19(28-3)20(13-17)29-4/h5-8,13-14,16H,9-12H2,1-4H3,(H,23,25)/t16-/m1/s1. The van der Waals surface area contributed by atoms with E-state index in [2.05, 4.69) is 5.32 Å². The maximum Gasteiger partial charge on any atom is 0.251 e. The second-order valence-corrected chi connectivity index (χ2v) is 9.21. The Labute approximate surface area is 183 Å². The summed E-state index contributed by atoms with van der Waals surface area (Å²) >= 11 is 0. The summed E-state index contributed by atoms with van der Waals surface area (Å²) in [4.78, 5) is 13.0. The molecule has 1 fully saturated rings. The van der Waals surface area contributed by atoms with Gasteiger partial charge in [-0.2, -0.15) is 4.31 Å². The minimum Gasteiger partial charge on any atom is -0.493 e. The molecule has 3 rings (SSSR count). The predicted octanol–water partition coefficient (Wildman–Crippen LogP) is 2.52. The molecular weight excluding hydrogens is 420 g/mol. The fraction of sp³-hybridized carbons (Fsp3) is 0.409. The van der Waals surface area contributed by atoms with Crippen LogP contribution in [0.3, 0.4) is 0 Å². The Balaban J connectivity index is 1.82. The van der Waals surface area contributed by atoms with E-state index in [4.69, 9.17) is 14.2 Å².